The second-order valence-electron chi connectivity index (χ2n) is 4.96. The number of aryl methyl sites for hydroxylation is 1. The average Bonchev–Trinajstić information content (AvgIpc) is 3.12. The number of carbonyl (C=O) groups is 2. The fourth-order valence-electron chi connectivity index (χ4n) is 2.57. The topological polar surface area (TPSA) is 57.6 Å². The van der Waals surface area contributed by atoms with Crippen LogP contribution >= 0.6 is 0 Å². The Kier molecular flexibility index (Phi) is 2.67. The summed E-state index contributed by atoms with van der Waals surface area (Å²) in [5.41, 5.74) is 1.72. The normalized spacial score (nSPS) is 25.5. The molecule has 3 rings (SSSR count). The number of fused-ring (bicyclic) bond motifs is 1. The van der Waals surface area contributed by atoms with Crippen LogP contribution in [-0.4, -0.2) is 23.5 Å². The second kappa shape index (κ2) is 4.21. The summed E-state index contributed by atoms with van der Waals surface area (Å²) >= 11 is 0. The number of nitrogens with zero attached hydrogens (tertiary/aromatic N) is 1. The molecule has 0 bridgehead atoms. The molecule has 2 atom stereocenters. The van der Waals surface area contributed by atoms with E-state index in [1.807, 2.05) is 18.2 Å². The van der Waals surface area contributed by atoms with Crippen LogP contribution in [0.5, 0.6) is 0 Å². The predicted octanol–water partition coefficient (Wildman–Crippen LogP) is 1.12. The van der Waals surface area contributed by atoms with E-state index in [0.717, 1.165) is 18.4 Å². The summed E-state index contributed by atoms with van der Waals surface area (Å²) in [5.74, 6) is -0.217. The maximum absolute atomic E-state index is 11.9. The van der Waals surface area contributed by atoms with E-state index in [4.69, 9.17) is 5.11 Å². The zero-order valence-electron chi connectivity index (χ0n) is 10.0. The molecule has 2 aliphatic rings. The number of hydrogen-bond donors (Lipinski definition) is 1. The Balaban J connectivity index is 1.84. The van der Waals surface area contributed by atoms with Gasteiger partial charge in [-0.3, -0.25) is 14.5 Å². The molecule has 1 saturated heterocycles. The standard InChI is InChI=1S/C14H15NO3/c16-6-2-4-9-3-1-5-10(7-9)15-13(17)11-8-12(11)14(15)18/h1,3,5,7,11-12,16H,2,4,6,8H2. The van der Waals surface area contributed by atoms with Crippen molar-refractivity contribution in [2.24, 2.45) is 11.8 Å². The molecule has 1 aliphatic carbocycles. The first-order valence-electron chi connectivity index (χ1n) is 6.30. The van der Waals surface area contributed by atoms with Gasteiger partial charge in [-0.15, -0.1) is 0 Å². The summed E-state index contributed by atoms with van der Waals surface area (Å²) in [5, 5.41) is 8.81. The number of aliphatic hydroxyl groups is 1. The summed E-state index contributed by atoms with van der Waals surface area (Å²) < 4.78 is 0. The third kappa shape index (κ3) is 1.73. The van der Waals surface area contributed by atoms with E-state index >= 15 is 0 Å². The van der Waals surface area contributed by atoms with Crippen LogP contribution in [0.25, 0.3) is 0 Å². The van der Waals surface area contributed by atoms with E-state index in [1.165, 1.54) is 4.90 Å². The Bertz CT molecular complexity index is 492. The van der Waals surface area contributed by atoms with Gasteiger partial charge in [0, 0.05) is 6.61 Å². The van der Waals surface area contributed by atoms with E-state index in [-0.39, 0.29) is 30.3 Å². The monoisotopic (exact) mass is 245 g/mol. The lowest BCUT2D eigenvalue weighted by Crippen LogP contribution is -2.32. The van der Waals surface area contributed by atoms with Gasteiger partial charge in [-0.2, -0.15) is 0 Å². The number of carbonyl (C=O) groups excluding carboxylic acids is 2. The highest BCUT2D eigenvalue weighted by atomic mass is 16.3. The van der Waals surface area contributed by atoms with E-state index in [2.05, 4.69) is 0 Å². The van der Waals surface area contributed by atoms with Crippen molar-refractivity contribution in [1.29, 1.82) is 0 Å². The average molecular weight is 245 g/mol. The lowest BCUT2D eigenvalue weighted by atomic mass is 10.1. The molecule has 1 aromatic carbocycles. The van der Waals surface area contributed by atoms with Crippen molar-refractivity contribution in [3.8, 4) is 0 Å². The number of benzene rings is 1. The fourth-order valence-corrected chi connectivity index (χ4v) is 2.57. The molecule has 0 aromatic heterocycles. The molecule has 1 N–H and O–H groups in total. The molecule has 1 heterocycles. The van der Waals surface area contributed by atoms with Crippen molar-refractivity contribution in [1.82, 2.24) is 0 Å². The number of anilines is 1. The van der Waals surface area contributed by atoms with E-state index in [0.29, 0.717) is 12.1 Å². The quantitative estimate of drug-likeness (QED) is 0.809. The van der Waals surface area contributed by atoms with E-state index in [1.54, 1.807) is 6.07 Å². The van der Waals surface area contributed by atoms with E-state index < -0.39 is 0 Å². The van der Waals surface area contributed by atoms with Crippen LogP contribution in [0.15, 0.2) is 24.3 Å². The summed E-state index contributed by atoms with van der Waals surface area (Å²) in [7, 11) is 0. The van der Waals surface area contributed by atoms with Crippen LogP contribution in [0.3, 0.4) is 0 Å². The van der Waals surface area contributed by atoms with Gasteiger partial charge in [-0.25, -0.2) is 0 Å². The van der Waals surface area contributed by atoms with Crippen LogP contribution in [0.2, 0.25) is 0 Å². The molecule has 0 radical (unpaired) electrons. The molecular formula is C14H15NO3. The van der Waals surface area contributed by atoms with Crippen LogP contribution in [0.4, 0.5) is 5.69 Å². The zero-order chi connectivity index (χ0) is 12.7. The summed E-state index contributed by atoms with van der Waals surface area (Å²) in [6.07, 6.45) is 2.18. The SMILES string of the molecule is O=C1C2CC2C(=O)N1c1cccc(CCCO)c1. The molecule has 1 saturated carbocycles. The maximum Gasteiger partial charge on any atom is 0.237 e. The van der Waals surface area contributed by atoms with Gasteiger partial charge in [0.15, 0.2) is 0 Å². The van der Waals surface area contributed by atoms with Crippen molar-refractivity contribution in [3.63, 3.8) is 0 Å². The number of amides is 2. The van der Waals surface area contributed by atoms with Crippen molar-refractivity contribution in [2.75, 3.05) is 11.5 Å². The lowest BCUT2D eigenvalue weighted by Gasteiger charge is -2.17. The molecule has 1 aromatic rings. The molecule has 18 heavy (non-hydrogen) atoms. The summed E-state index contributed by atoms with van der Waals surface area (Å²) in [6.45, 7) is 0.149. The maximum atomic E-state index is 11.9. The number of imide groups is 1. The Labute approximate surface area is 105 Å². The molecule has 2 amide bonds. The highest BCUT2D eigenvalue weighted by Crippen LogP contribution is 2.48. The van der Waals surface area contributed by atoms with Crippen molar-refractivity contribution in [3.05, 3.63) is 29.8 Å². The Morgan fingerprint density at radius 1 is 1.22 bits per heavy atom. The molecular weight excluding hydrogens is 230 g/mol. The van der Waals surface area contributed by atoms with Crippen molar-refractivity contribution < 1.29 is 14.7 Å². The van der Waals surface area contributed by atoms with Crippen LogP contribution in [0.1, 0.15) is 18.4 Å². The first kappa shape index (κ1) is 11.4. The van der Waals surface area contributed by atoms with Gasteiger partial charge in [0.25, 0.3) is 0 Å². The molecule has 94 valence electrons. The molecule has 0 spiro atoms. The molecule has 4 heteroatoms. The highest BCUT2D eigenvalue weighted by Gasteiger charge is 2.59. The molecule has 2 unspecified atom stereocenters. The van der Waals surface area contributed by atoms with Crippen LogP contribution in [0, 0.1) is 11.8 Å². The molecule has 2 fully saturated rings. The van der Waals surface area contributed by atoms with Gasteiger partial charge in [-0.1, -0.05) is 12.1 Å². The number of rotatable bonds is 4. The van der Waals surface area contributed by atoms with Crippen LogP contribution in [-0.2, 0) is 16.0 Å². The van der Waals surface area contributed by atoms with Gasteiger partial charge in [0.2, 0.25) is 11.8 Å². The van der Waals surface area contributed by atoms with Crippen LogP contribution < -0.4 is 4.90 Å². The number of piperidine rings is 1. The van der Waals surface area contributed by atoms with Crippen molar-refractivity contribution in [2.45, 2.75) is 19.3 Å². The van der Waals surface area contributed by atoms with Crippen molar-refractivity contribution >= 4 is 17.5 Å². The Morgan fingerprint density at radius 3 is 2.61 bits per heavy atom. The van der Waals surface area contributed by atoms with Gasteiger partial charge in [0.1, 0.15) is 0 Å². The first-order valence-corrected chi connectivity index (χ1v) is 6.30. The predicted molar refractivity (Wildman–Crippen MR) is 65.9 cm³/mol. The number of aliphatic hydroxyl groups excluding tert-OH is 1. The lowest BCUT2D eigenvalue weighted by molar-refractivity contribution is -0.123. The van der Waals surface area contributed by atoms with Gasteiger partial charge in [-0.05, 0) is 37.0 Å². The largest absolute Gasteiger partial charge is 0.396 e. The Hall–Kier alpha value is -1.68. The smallest absolute Gasteiger partial charge is 0.237 e. The van der Waals surface area contributed by atoms with E-state index in [9.17, 15) is 9.59 Å². The fraction of sp³-hybridized carbons (Fsp3) is 0.429. The molecule has 1 aliphatic heterocycles. The third-order valence-corrected chi connectivity index (χ3v) is 3.66. The summed E-state index contributed by atoms with van der Waals surface area (Å²) in [4.78, 5) is 25.2. The van der Waals surface area contributed by atoms with Gasteiger partial charge >= 0.3 is 0 Å². The Morgan fingerprint density at radius 2 is 1.94 bits per heavy atom. The van der Waals surface area contributed by atoms with Gasteiger partial charge < -0.3 is 5.11 Å². The minimum absolute atomic E-state index is 0.0516. The molecule has 4 nitrogen and oxygen atoms in total. The highest BCUT2D eigenvalue weighted by molar-refractivity contribution is 6.24. The number of hydrogen-bond acceptors (Lipinski definition) is 3. The minimum atomic E-state index is -0.0569. The minimum Gasteiger partial charge on any atom is -0.396 e. The third-order valence-electron chi connectivity index (χ3n) is 3.66. The second-order valence-corrected chi connectivity index (χ2v) is 4.96. The zero-order valence-corrected chi connectivity index (χ0v) is 10.0. The first-order chi connectivity index (χ1) is 8.72. The summed E-state index contributed by atoms with van der Waals surface area (Å²) in [6, 6.07) is 7.47. The van der Waals surface area contributed by atoms with Gasteiger partial charge in [0.05, 0.1) is 17.5 Å².